The molecule has 0 radical (unpaired) electrons. The fourth-order valence-electron chi connectivity index (χ4n) is 2.61. The fourth-order valence-corrected chi connectivity index (χ4v) is 2.61. The zero-order chi connectivity index (χ0) is 13.6. The number of H-pyrrole nitrogens is 1. The van der Waals surface area contributed by atoms with Gasteiger partial charge in [-0.3, -0.25) is 14.7 Å². The van der Waals surface area contributed by atoms with Crippen molar-refractivity contribution in [2.24, 2.45) is 0 Å². The lowest BCUT2D eigenvalue weighted by Crippen LogP contribution is -2.44. The minimum atomic E-state index is -0.542. The van der Waals surface area contributed by atoms with Gasteiger partial charge in [0.25, 0.3) is 5.56 Å². The fraction of sp³-hybridized carbons (Fsp3) is 0.462. The molecular weight excluding hydrogens is 244 g/mol. The average molecular weight is 260 g/mol. The van der Waals surface area contributed by atoms with Crippen LogP contribution in [0.3, 0.4) is 0 Å². The maximum absolute atomic E-state index is 12.5. The van der Waals surface area contributed by atoms with Gasteiger partial charge in [0.15, 0.2) is 11.4 Å². The van der Waals surface area contributed by atoms with E-state index in [-0.39, 0.29) is 11.3 Å². The van der Waals surface area contributed by atoms with Crippen LogP contribution in [0.4, 0.5) is 0 Å². The van der Waals surface area contributed by atoms with E-state index in [4.69, 9.17) is 0 Å². The predicted molar refractivity (Wildman–Crippen MR) is 70.5 cm³/mol. The van der Waals surface area contributed by atoms with Gasteiger partial charge in [0.05, 0.1) is 5.54 Å². The summed E-state index contributed by atoms with van der Waals surface area (Å²) >= 11 is 0. The number of aryl methyl sites for hydroxylation is 1. The van der Waals surface area contributed by atoms with E-state index in [2.05, 4.69) is 15.4 Å². The molecule has 1 fully saturated rings. The van der Waals surface area contributed by atoms with Gasteiger partial charge in [0.2, 0.25) is 0 Å². The number of hydrogen-bond acceptors (Lipinski definition) is 4. The van der Waals surface area contributed by atoms with Gasteiger partial charge >= 0.3 is 0 Å². The third-order valence-corrected chi connectivity index (χ3v) is 3.69. The molecule has 6 heteroatoms. The van der Waals surface area contributed by atoms with Crippen LogP contribution in [0.25, 0.3) is 5.65 Å². The molecule has 1 unspecified atom stereocenters. The van der Waals surface area contributed by atoms with Crippen molar-refractivity contribution in [1.29, 1.82) is 0 Å². The summed E-state index contributed by atoms with van der Waals surface area (Å²) in [7, 11) is 0. The summed E-state index contributed by atoms with van der Waals surface area (Å²) in [4.78, 5) is 28.5. The minimum Gasteiger partial charge on any atom is -0.305 e. The van der Waals surface area contributed by atoms with Crippen LogP contribution in [0.15, 0.2) is 16.9 Å². The molecule has 1 atom stereocenters. The molecule has 0 aliphatic carbocycles. The zero-order valence-electron chi connectivity index (χ0n) is 11.0. The SMILES string of the molecule is Cc1cc(=O)n2[nH]c(C(=O)C3(C)CCCN3)cc2n1. The number of Topliss-reactive ketones (excluding diaryl/α,β-unsaturated/α-hetero) is 1. The van der Waals surface area contributed by atoms with E-state index in [9.17, 15) is 9.59 Å². The van der Waals surface area contributed by atoms with Gasteiger partial charge in [0.1, 0.15) is 5.69 Å². The van der Waals surface area contributed by atoms with Crippen molar-refractivity contribution in [3.8, 4) is 0 Å². The lowest BCUT2D eigenvalue weighted by atomic mass is 9.93. The topological polar surface area (TPSA) is 79.3 Å². The summed E-state index contributed by atoms with van der Waals surface area (Å²) in [5, 5.41) is 6.07. The van der Waals surface area contributed by atoms with Gasteiger partial charge < -0.3 is 5.32 Å². The number of nitrogens with one attached hydrogen (secondary N) is 2. The molecule has 0 aromatic carbocycles. The summed E-state index contributed by atoms with van der Waals surface area (Å²) in [6.07, 6.45) is 1.79. The van der Waals surface area contributed by atoms with E-state index in [1.807, 2.05) is 6.92 Å². The second-order valence-corrected chi connectivity index (χ2v) is 5.29. The molecule has 3 rings (SSSR count). The Labute approximate surface area is 109 Å². The molecule has 1 saturated heterocycles. The predicted octanol–water partition coefficient (Wildman–Crippen LogP) is 0.656. The van der Waals surface area contributed by atoms with E-state index < -0.39 is 5.54 Å². The number of carbonyl (C=O) groups is 1. The maximum Gasteiger partial charge on any atom is 0.272 e. The third kappa shape index (κ3) is 1.88. The Morgan fingerprint density at radius 2 is 2.26 bits per heavy atom. The molecule has 0 saturated carbocycles. The van der Waals surface area contributed by atoms with Crippen LogP contribution in [-0.4, -0.2) is 32.5 Å². The van der Waals surface area contributed by atoms with E-state index >= 15 is 0 Å². The molecule has 2 N–H and O–H groups in total. The molecule has 2 aromatic rings. The van der Waals surface area contributed by atoms with Crippen LogP contribution in [0.1, 0.15) is 35.9 Å². The quantitative estimate of drug-likeness (QED) is 0.777. The average Bonchev–Trinajstić information content (AvgIpc) is 2.95. The number of aromatic nitrogens is 3. The Bertz CT molecular complexity index is 707. The van der Waals surface area contributed by atoms with Gasteiger partial charge in [-0.25, -0.2) is 9.50 Å². The van der Waals surface area contributed by atoms with Gasteiger partial charge in [0, 0.05) is 17.8 Å². The highest BCUT2D eigenvalue weighted by Crippen LogP contribution is 2.23. The number of aromatic amines is 1. The van der Waals surface area contributed by atoms with Crippen molar-refractivity contribution >= 4 is 11.4 Å². The summed E-state index contributed by atoms with van der Waals surface area (Å²) in [6, 6.07) is 3.08. The number of carbonyl (C=O) groups excluding carboxylic acids is 1. The monoisotopic (exact) mass is 260 g/mol. The standard InChI is InChI=1S/C13H16N4O2/c1-8-6-11(18)17-10(15-8)7-9(16-17)12(19)13(2)4-3-5-14-13/h6-7,14,16H,3-5H2,1-2H3. The van der Waals surface area contributed by atoms with Gasteiger partial charge in [-0.1, -0.05) is 0 Å². The second kappa shape index (κ2) is 4.03. The maximum atomic E-state index is 12.5. The second-order valence-electron chi connectivity index (χ2n) is 5.29. The Balaban J connectivity index is 2.09. The van der Waals surface area contributed by atoms with Crippen molar-refractivity contribution in [2.75, 3.05) is 6.54 Å². The van der Waals surface area contributed by atoms with Crippen LogP contribution >= 0.6 is 0 Å². The highest BCUT2D eigenvalue weighted by Gasteiger charge is 2.37. The molecule has 0 bridgehead atoms. The van der Waals surface area contributed by atoms with Gasteiger partial charge in [-0.2, -0.15) is 0 Å². The van der Waals surface area contributed by atoms with Crippen LogP contribution < -0.4 is 10.9 Å². The van der Waals surface area contributed by atoms with E-state index in [1.165, 1.54) is 10.6 Å². The Morgan fingerprint density at radius 1 is 1.47 bits per heavy atom. The molecule has 1 aliphatic heterocycles. The van der Waals surface area contributed by atoms with Crippen molar-refractivity contribution in [3.63, 3.8) is 0 Å². The smallest absolute Gasteiger partial charge is 0.272 e. The summed E-state index contributed by atoms with van der Waals surface area (Å²) < 4.78 is 1.30. The number of rotatable bonds is 2. The molecular formula is C13H16N4O2. The lowest BCUT2D eigenvalue weighted by Gasteiger charge is -2.21. The Hall–Kier alpha value is -1.95. The number of hydrogen-bond donors (Lipinski definition) is 2. The van der Waals surface area contributed by atoms with Crippen molar-refractivity contribution in [1.82, 2.24) is 19.9 Å². The molecule has 2 aromatic heterocycles. The molecule has 3 heterocycles. The zero-order valence-corrected chi connectivity index (χ0v) is 11.0. The van der Waals surface area contributed by atoms with E-state index in [0.29, 0.717) is 17.0 Å². The summed E-state index contributed by atoms with van der Waals surface area (Å²) in [5.74, 6) is -0.0208. The first kappa shape index (κ1) is 12.1. The normalized spacial score (nSPS) is 23.1. The summed E-state index contributed by atoms with van der Waals surface area (Å²) in [6.45, 7) is 4.50. The van der Waals surface area contributed by atoms with Crippen LogP contribution in [-0.2, 0) is 0 Å². The van der Waals surface area contributed by atoms with Crippen molar-refractivity contribution in [3.05, 3.63) is 33.9 Å². The molecule has 6 nitrogen and oxygen atoms in total. The van der Waals surface area contributed by atoms with Crippen molar-refractivity contribution in [2.45, 2.75) is 32.2 Å². The number of fused-ring (bicyclic) bond motifs is 1. The molecule has 19 heavy (non-hydrogen) atoms. The highest BCUT2D eigenvalue weighted by molar-refractivity contribution is 6.02. The lowest BCUT2D eigenvalue weighted by molar-refractivity contribution is 0.0878. The Kier molecular flexibility index (Phi) is 2.56. The van der Waals surface area contributed by atoms with Crippen molar-refractivity contribution < 1.29 is 4.79 Å². The number of ketones is 1. The van der Waals surface area contributed by atoms with E-state index in [0.717, 1.165) is 19.4 Å². The summed E-state index contributed by atoms with van der Waals surface area (Å²) in [5.41, 5.74) is 0.806. The molecule has 1 aliphatic rings. The van der Waals surface area contributed by atoms with Crippen LogP contribution in [0, 0.1) is 6.92 Å². The van der Waals surface area contributed by atoms with E-state index in [1.54, 1.807) is 13.0 Å². The van der Waals surface area contributed by atoms with Gasteiger partial charge in [-0.15, -0.1) is 0 Å². The first-order valence-electron chi connectivity index (χ1n) is 6.39. The van der Waals surface area contributed by atoms with Crippen LogP contribution in [0.5, 0.6) is 0 Å². The minimum absolute atomic E-state index is 0.0208. The molecule has 100 valence electrons. The Morgan fingerprint density at radius 3 is 2.95 bits per heavy atom. The first-order chi connectivity index (χ1) is 8.99. The molecule has 0 spiro atoms. The molecule has 0 amide bonds. The highest BCUT2D eigenvalue weighted by atomic mass is 16.1. The number of nitrogens with zero attached hydrogens (tertiary/aromatic N) is 2. The van der Waals surface area contributed by atoms with Crippen LogP contribution in [0.2, 0.25) is 0 Å². The third-order valence-electron chi connectivity index (χ3n) is 3.69. The van der Waals surface area contributed by atoms with Gasteiger partial charge in [-0.05, 0) is 33.2 Å². The first-order valence-corrected chi connectivity index (χ1v) is 6.39. The largest absolute Gasteiger partial charge is 0.305 e.